The zero-order valence-corrected chi connectivity index (χ0v) is 15.1. The van der Waals surface area contributed by atoms with Crippen LogP contribution in [0.4, 0.5) is 23.9 Å². The van der Waals surface area contributed by atoms with Crippen molar-refractivity contribution in [3.05, 3.63) is 35.5 Å². The van der Waals surface area contributed by atoms with Gasteiger partial charge in [-0.15, -0.1) is 5.10 Å². The Morgan fingerprint density at radius 1 is 1.36 bits per heavy atom. The second-order valence-corrected chi connectivity index (χ2v) is 6.64. The van der Waals surface area contributed by atoms with Crippen molar-refractivity contribution in [1.82, 2.24) is 9.59 Å². The van der Waals surface area contributed by atoms with Crippen molar-refractivity contribution in [3.8, 4) is 0 Å². The van der Waals surface area contributed by atoms with E-state index in [1.165, 1.54) is 12.1 Å². The summed E-state index contributed by atoms with van der Waals surface area (Å²) < 4.78 is 46.8. The Bertz CT molecular complexity index is 931. The molecular formula is C16H13F3N4O4S. The normalized spacial score (nSPS) is 16.9. The molecule has 148 valence electrons. The molecule has 1 saturated heterocycles. The third-order valence-electron chi connectivity index (χ3n) is 4.08. The summed E-state index contributed by atoms with van der Waals surface area (Å²) >= 11 is 0.766. The van der Waals surface area contributed by atoms with E-state index in [0.717, 1.165) is 35.7 Å². The van der Waals surface area contributed by atoms with Gasteiger partial charge in [0.15, 0.2) is 5.00 Å². The average molecular weight is 414 g/mol. The van der Waals surface area contributed by atoms with Gasteiger partial charge in [-0.3, -0.25) is 9.59 Å². The molecule has 12 heteroatoms. The lowest BCUT2D eigenvalue weighted by Gasteiger charge is -2.18. The van der Waals surface area contributed by atoms with Crippen LogP contribution in [0, 0.1) is 5.92 Å². The molecular weight excluding hydrogens is 401 g/mol. The van der Waals surface area contributed by atoms with Gasteiger partial charge in [0.05, 0.1) is 18.6 Å². The van der Waals surface area contributed by atoms with Crippen LogP contribution in [0.3, 0.4) is 0 Å². The Kier molecular flexibility index (Phi) is 5.31. The predicted octanol–water partition coefficient (Wildman–Crippen LogP) is 2.34. The standard InChI is InChI=1S/C16H13F3N4O4S/c1-27-15(26)12-14(28-22-21-12)20-13(25)8-5-11(24)23(7-8)10-4-2-3-9(6-10)16(17,18)19/h2-4,6,8H,5,7H2,1H3,(H,20,25). The SMILES string of the molecule is COC(=O)c1nnsc1NC(=O)C1CC(=O)N(c2cccc(C(F)(F)F)c2)C1. The summed E-state index contributed by atoms with van der Waals surface area (Å²) in [5.74, 6) is -2.64. The minimum Gasteiger partial charge on any atom is -0.464 e. The summed E-state index contributed by atoms with van der Waals surface area (Å²) in [7, 11) is 1.15. The van der Waals surface area contributed by atoms with E-state index in [9.17, 15) is 27.6 Å². The van der Waals surface area contributed by atoms with E-state index in [0.29, 0.717) is 0 Å². The van der Waals surface area contributed by atoms with Crippen LogP contribution in [-0.4, -0.2) is 41.0 Å². The van der Waals surface area contributed by atoms with Crippen molar-refractivity contribution in [2.24, 2.45) is 5.92 Å². The molecule has 1 aliphatic rings. The number of aromatic nitrogens is 2. The van der Waals surface area contributed by atoms with Crippen LogP contribution in [-0.2, 0) is 20.5 Å². The maximum Gasteiger partial charge on any atom is 0.416 e. The van der Waals surface area contributed by atoms with E-state index >= 15 is 0 Å². The lowest BCUT2D eigenvalue weighted by molar-refractivity contribution is -0.137. The van der Waals surface area contributed by atoms with Gasteiger partial charge in [-0.1, -0.05) is 10.6 Å². The Morgan fingerprint density at radius 3 is 2.79 bits per heavy atom. The van der Waals surface area contributed by atoms with Gasteiger partial charge in [-0.2, -0.15) is 13.2 Å². The Labute approximate surface area is 160 Å². The summed E-state index contributed by atoms with van der Waals surface area (Å²) in [5, 5.41) is 6.11. The van der Waals surface area contributed by atoms with Crippen molar-refractivity contribution < 1.29 is 32.3 Å². The molecule has 2 aromatic rings. The molecule has 0 saturated carbocycles. The first kappa shape index (κ1) is 19.7. The Morgan fingerprint density at radius 2 is 2.11 bits per heavy atom. The Hall–Kier alpha value is -3.02. The number of amides is 2. The number of esters is 1. The maximum absolute atomic E-state index is 12.9. The molecule has 1 N–H and O–H groups in total. The van der Waals surface area contributed by atoms with E-state index in [-0.39, 0.29) is 29.3 Å². The first-order valence-corrected chi connectivity index (χ1v) is 8.67. The monoisotopic (exact) mass is 414 g/mol. The first-order valence-electron chi connectivity index (χ1n) is 7.90. The second-order valence-electron chi connectivity index (χ2n) is 5.88. The van der Waals surface area contributed by atoms with Crippen molar-refractivity contribution >= 4 is 40.0 Å². The molecule has 1 unspecified atom stereocenters. The van der Waals surface area contributed by atoms with E-state index in [4.69, 9.17) is 0 Å². The third-order valence-corrected chi connectivity index (χ3v) is 4.73. The molecule has 0 radical (unpaired) electrons. The van der Waals surface area contributed by atoms with Crippen LogP contribution in [0.5, 0.6) is 0 Å². The van der Waals surface area contributed by atoms with Crippen LogP contribution in [0.2, 0.25) is 0 Å². The number of ether oxygens (including phenoxy) is 1. The molecule has 1 fully saturated rings. The largest absolute Gasteiger partial charge is 0.464 e. The van der Waals surface area contributed by atoms with Crippen molar-refractivity contribution in [2.75, 3.05) is 23.9 Å². The molecule has 3 rings (SSSR count). The molecule has 8 nitrogen and oxygen atoms in total. The molecule has 1 atom stereocenters. The van der Waals surface area contributed by atoms with Crippen LogP contribution in [0.1, 0.15) is 22.5 Å². The molecule has 2 amide bonds. The lowest BCUT2D eigenvalue weighted by Crippen LogP contribution is -2.28. The third kappa shape index (κ3) is 3.96. The second kappa shape index (κ2) is 7.54. The number of halogens is 3. The molecule has 1 aromatic heterocycles. The number of nitrogens with zero attached hydrogens (tertiary/aromatic N) is 3. The molecule has 1 aromatic carbocycles. The van der Waals surface area contributed by atoms with Gasteiger partial charge in [0.2, 0.25) is 17.5 Å². The number of hydrogen-bond acceptors (Lipinski definition) is 7. The molecule has 2 heterocycles. The van der Waals surface area contributed by atoms with Gasteiger partial charge >= 0.3 is 12.1 Å². The van der Waals surface area contributed by atoms with E-state index in [1.54, 1.807) is 0 Å². The van der Waals surface area contributed by atoms with Crippen molar-refractivity contribution in [1.29, 1.82) is 0 Å². The van der Waals surface area contributed by atoms with Gasteiger partial charge in [0, 0.05) is 30.2 Å². The zero-order chi connectivity index (χ0) is 20.5. The van der Waals surface area contributed by atoms with Gasteiger partial charge in [0.1, 0.15) is 0 Å². The number of rotatable bonds is 4. The minimum atomic E-state index is -4.54. The quantitative estimate of drug-likeness (QED) is 0.771. The first-order chi connectivity index (χ1) is 13.2. The fraction of sp³-hybridized carbons (Fsp3) is 0.312. The fourth-order valence-electron chi connectivity index (χ4n) is 2.70. The summed E-state index contributed by atoms with van der Waals surface area (Å²) in [6.45, 7) is -0.0915. The highest BCUT2D eigenvalue weighted by atomic mass is 32.1. The van der Waals surface area contributed by atoms with Crippen molar-refractivity contribution in [2.45, 2.75) is 12.6 Å². The summed E-state index contributed by atoms with van der Waals surface area (Å²) in [5.41, 5.74) is -0.992. The summed E-state index contributed by atoms with van der Waals surface area (Å²) in [6.07, 6.45) is -4.72. The number of hydrogen-bond donors (Lipinski definition) is 1. The number of benzene rings is 1. The molecule has 0 aliphatic carbocycles. The van der Waals surface area contributed by atoms with Gasteiger partial charge < -0.3 is 15.0 Å². The Balaban J connectivity index is 1.74. The van der Waals surface area contributed by atoms with Crippen LogP contribution in [0.15, 0.2) is 24.3 Å². The van der Waals surface area contributed by atoms with Gasteiger partial charge in [-0.05, 0) is 18.2 Å². The smallest absolute Gasteiger partial charge is 0.416 e. The number of anilines is 2. The van der Waals surface area contributed by atoms with E-state index in [1.807, 2.05) is 0 Å². The van der Waals surface area contributed by atoms with Crippen LogP contribution in [0.25, 0.3) is 0 Å². The predicted molar refractivity (Wildman–Crippen MR) is 91.8 cm³/mol. The topological polar surface area (TPSA) is 101 Å². The number of alkyl halides is 3. The number of carbonyl (C=O) groups is 3. The number of carbonyl (C=O) groups excluding carboxylic acids is 3. The molecule has 0 bridgehead atoms. The maximum atomic E-state index is 12.9. The van der Waals surface area contributed by atoms with E-state index < -0.39 is 35.4 Å². The highest BCUT2D eigenvalue weighted by Gasteiger charge is 2.37. The fourth-order valence-corrected chi connectivity index (χ4v) is 3.26. The summed E-state index contributed by atoms with van der Waals surface area (Å²) in [6, 6.07) is 4.33. The molecule has 1 aliphatic heterocycles. The van der Waals surface area contributed by atoms with E-state index in [2.05, 4.69) is 19.6 Å². The summed E-state index contributed by atoms with van der Waals surface area (Å²) in [4.78, 5) is 37.4. The average Bonchev–Trinajstić information content (AvgIpc) is 3.27. The number of nitrogens with one attached hydrogen (secondary N) is 1. The minimum absolute atomic E-state index is 0.0600. The van der Waals surface area contributed by atoms with Crippen LogP contribution < -0.4 is 10.2 Å². The number of methoxy groups -OCH3 is 1. The van der Waals surface area contributed by atoms with Crippen LogP contribution >= 0.6 is 11.5 Å². The highest BCUT2D eigenvalue weighted by molar-refractivity contribution is 7.10. The lowest BCUT2D eigenvalue weighted by atomic mass is 10.1. The highest BCUT2D eigenvalue weighted by Crippen LogP contribution is 2.33. The van der Waals surface area contributed by atoms with Crippen molar-refractivity contribution in [3.63, 3.8) is 0 Å². The van der Waals surface area contributed by atoms with Gasteiger partial charge in [-0.25, -0.2) is 4.79 Å². The zero-order valence-electron chi connectivity index (χ0n) is 14.3. The molecule has 28 heavy (non-hydrogen) atoms. The van der Waals surface area contributed by atoms with Gasteiger partial charge in [0.25, 0.3) is 0 Å². The molecule has 0 spiro atoms.